The number of hydrogen-bond acceptors (Lipinski definition) is 4. The first-order valence-corrected chi connectivity index (χ1v) is 6.59. The van der Waals surface area contributed by atoms with E-state index in [2.05, 4.69) is 20.4 Å². The van der Waals surface area contributed by atoms with Crippen LogP contribution in [-0.2, 0) is 7.05 Å². The van der Waals surface area contributed by atoms with Crippen molar-refractivity contribution in [2.24, 2.45) is 7.05 Å². The molecule has 3 rings (SSSR count). The van der Waals surface area contributed by atoms with Crippen molar-refractivity contribution >= 4 is 22.6 Å². The largest absolute Gasteiger partial charge is 0.319 e. The molecule has 0 aliphatic carbocycles. The van der Waals surface area contributed by atoms with Crippen LogP contribution in [0.3, 0.4) is 0 Å². The Bertz CT molecular complexity index is 837. The predicted molar refractivity (Wildman–Crippen MR) is 80.2 cm³/mol. The van der Waals surface area contributed by atoms with E-state index in [1.807, 2.05) is 39.1 Å². The lowest BCUT2D eigenvalue weighted by Gasteiger charge is -2.05. The molecule has 1 N–H and O–H groups in total. The molecule has 6 heteroatoms. The second kappa shape index (κ2) is 4.97. The van der Waals surface area contributed by atoms with Crippen LogP contribution < -0.4 is 5.32 Å². The third-order valence-corrected chi connectivity index (χ3v) is 3.24. The molecule has 106 valence electrons. The smallest absolute Gasteiger partial charge is 0.274 e. The third-order valence-electron chi connectivity index (χ3n) is 3.24. The van der Waals surface area contributed by atoms with Crippen LogP contribution in [0.25, 0.3) is 11.0 Å². The minimum absolute atomic E-state index is 0.249. The normalized spacial score (nSPS) is 10.8. The highest BCUT2D eigenvalue weighted by Crippen LogP contribution is 2.19. The fourth-order valence-corrected chi connectivity index (χ4v) is 2.24. The fraction of sp³-hybridized carbons (Fsp3) is 0.200. The number of pyridine rings is 2. The van der Waals surface area contributed by atoms with E-state index in [9.17, 15) is 4.79 Å². The van der Waals surface area contributed by atoms with E-state index in [1.165, 1.54) is 0 Å². The van der Waals surface area contributed by atoms with Gasteiger partial charge in [-0.15, -0.1) is 0 Å². The summed E-state index contributed by atoms with van der Waals surface area (Å²) in [6.07, 6.45) is 1.62. The minimum Gasteiger partial charge on any atom is -0.319 e. The Morgan fingerprint density at radius 3 is 2.86 bits per heavy atom. The van der Waals surface area contributed by atoms with Crippen LogP contribution in [0.15, 0.2) is 30.5 Å². The third kappa shape index (κ3) is 2.47. The Kier molecular flexibility index (Phi) is 3.13. The molecule has 0 unspecified atom stereocenters. The number of carbonyl (C=O) groups excluding carboxylic acids is 1. The molecule has 0 atom stereocenters. The number of rotatable bonds is 2. The monoisotopic (exact) mass is 281 g/mol. The molecule has 0 saturated heterocycles. The van der Waals surface area contributed by atoms with Gasteiger partial charge in [-0.1, -0.05) is 6.07 Å². The van der Waals surface area contributed by atoms with E-state index in [-0.39, 0.29) is 5.91 Å². The summed E-state index contributed by atoms with van der Waals surface area (Å²) in [5, 5.41) is 8.05. The molecule has 1 amide bonds. The van der Waals surface area contributed by atoms with Gasteiger partial charge in [0.1, 0.15) is 5.69 Å². The number of nitrogens with zero attached hydrogens (tertiary/aromatic N) is 4. The maximum absolute atomic E-state index is 12.2. The summed E-state index contributed by atoms with van der Waals surface area (Å²) in [5.74, 6) is -0.249. The van der Waals surface area contributed by atoms with Gasteiger partial charge in [-0.3, -0.25) is 9.48 Å². The van der Waals surface area contributed by atoms with E-state index in [4.69, 9.17) is 0 Å². The Balaban J connectivity index is 1.91. The first kappa shape index (κ1) is 13.2. The zero-order valence-electron chi connectivity index (χ0n) is 12.1. The predicted octanol–water partition coefficient (Wildman–Crippen LogP) is 2.23. The van der Waals surface area contributed by atoms with Gasteiger partial charge < -0.3 is 5.32 Å². The number of aryl methyl sites for hydroxylation is 3. The number of nitrogens with one attached hydrogen (secondary N) is 1. The molecule has 6 nitrogen and oxygen atoms in total. The number of carbonyl (C=O) groups is 1. The van der Waals surface area contributed by atoms with Crippen LogP contribution in [0.2, 0.25) is 0 Å². The number of aromatic nitrogens is 4. The lowest BCUT2D eigenvalue weighted by molar-refractivity contribution is 0.102. The summed E-state index contributed by atoms with van der Waals surface area (Å²) in [5.41, 5.74) is 3.49. The zero-order chi connectivity index (χ0) is 15.0. The fourth-order valence-electron chi connectivity index (χ4n) is 2.24. The van der Waals surface area contributed by atoms with Crippen LogP contribution in [-0.4, -0.2) is 25.7 Å². The van der Waals surface area contributed by atoms with E-state index >= 15 is 0 Å². The molecule has 3 aromatic rings. The van der Waals surface area contributed by atoms with Crippen LogP contribution in [0.5, 0.6) is 0 Å². The Hall–Kier alpha value is -2.76. The zero-order valence-corrected chi connectivity index (χ0v) is 12.1. The lowest BCUT2D eigenvalue weighted by atomic mass is 10.2. The van der Waals surface area contributed by atoms with Crippen molar-refractivity contribution in [1.82, 2.24) is 19.7 Å². The molecule has 0 fully saturated rings. The average molecular weight is 281 g/mol. The Morgan fingerprint density at radius 1 is 1.29 bits per heavy atom. The molecule has 0 aromatic carbocycles. The maximum Gasteiger partial charge on any atom is 0.274 e. The molecule has 0 bridgehead atoms. The second-order valence-electron chi connectivity index (χ2n) is 4.92. The van der Waals surface area contributed by atoms with Crippen LogP contribution in [0.1, 0.15) is 21.9 Å². The molecule has 21 heavy (non-hydrogen) atoms. The van der Waals surface area contributed by atoms with Gasteiger partial charge in [0.25, 0.3) is 5.91 Å². The SMILES string of the molecule is Cc1cccc(C(=O)Nc2cnc3c(c2)c(C)nn3C)n1. The Morgan fingerprint density at radius 2 is 2.10 bits per heavy atom. The molecule has 0 spiro atoms. The van der Waals surface area contributed by atoms with Crippen molar-refractivity contribution in [3.05, 3.63) is 47.5 Å². The molecular weight excluding hydrogens is 266 g/mol. The highest BCUT2D eigenvalue weighted by Gasteiger charge is 2.11. The summed E-state index contributed by atoms with van der Waals surface area (Å²) < 4.78 is 1.72. The maximum atomic E-state index is 12.2. The molecule has 3 heterocycles. The molecule has 3 aromatic heterocycles. The standard InChI is InChI=1S/C15H15N5O/c1-9-5-4-6-13(17-9)15(21)18-11-7-12-10(2)19-20(3)14(12)16-8-11/h4-8H,1-3H3,(H,18,21). The number of anilines is 1. The minimum atomic E-state index is -0.249. The molecule has 0 radical (unpaired) electrons. The van der Waals surface area contributed by atoms with Crippen molar-refractivity contribution in [1.29, 1.82) is 0 Å². The van der Waals surface area contributed by atoms with Gasteiger partial charge in [-0.2, -0.15) is 5.10 Å². The molecular formula is C15H15N5O. The van der Waals surface area contributed by atoms with Crippen LogP contribution in [0, 0.1) is 13.8 Å². The lowest BCUT2D eigenvalue weighted by Crippen LogP contribution is -2.14. The van der Waals surface area contributed by atoms with E-state index in [0.717, 1.165) is 22.4 Å². The number of amides is 1. The molecule has 0 aliphatic heterocycles. The van der Waals surface area contributed by atoms with Gasteiger partial charge >= 0.3 is 0 Å². The van der Waals surface area contributed by atoms with Gasteiger partial charge in [0, 0.05) is 18.1 Å². The molecule has 0 aliphatic rings. The average Bonchev–Trinajstić information content (AvgIpc) is 2.74. The van der Waals surface area contributed by atoms with Crippen LogP contribution in [0.4, 0.5) is 5.69 Å². The van der Waals surface area contributed by atoms with Crippen molar-refractivity contribution in [3.63, 3.8) is 0 Å². The topological polar surface area (TPSA) is 72.7 Å². The summed E-state index contributed by atoms with van der Waals surface area (Å²) in [6.45, 7) is 3.76. The first-order chi connectivity index (χ1) is 10.0. The van der Waals surface area contributed by atoms with Gasteiger partial charge in [0.2, 0.25) is 0 Å². The summed E-state index contributed by atoms with van der Waals surface area (Å²) in [4.78, 5) is 20.7. The van der Waals surface area contributed by atoms with Crippen molar-refractivity contribution in [3.8, 4) is 0 Å². The Labute approximate surface area is 121 Å². The highest BCUT2D eigenvalue weighted by molar-refractivity contribution is 6.03. The van der Waals surface area contributed by atoms with Crippen molar-refractivity contribution in [2.75, 3.05) is 5.32 Å². The summed E-state index contributed by atoms with van der Waals surface area (Å²) >= 11 is 0. The quantitative estimate of drug-likeness (QED) is 0.781. The van der Waals surface area contributed by atoms with Crippen molar-refractivity contribution in [2.45, 2.75) is 13.8 Å². The first-order valence-electron chi connectivity index (χ1n) is 6.59. The van der Waals surface area contributed by atoms with E-state index in [1.54, 1.807) is 16.9 Å². The van der Waals surface area contributed by atoms with Crippen LogP contribution >= 0.6 is 0 Å². The number of fused-ring (bicyclic) bond motifs is 1. The van der Waals surface area contributed by atoms with Gasteiger partial charge in [-0.25, -0.2) is 9.97 Å². The van der Waals surface area contributed by atoms with E-state index in [0.29, 0.717) is 11.4 Å². The second-order valence-corrected chi connectivity index (χ2v) is 4.92. The van der Waals surface area contributed by atoms with Gasteiger partial charge in [0.05, 0.1) is 17.6 Å². The molecule has 0 saturated carbocycles. The van der Waals surface area contributed by atoms with E-state index < -0.39 is 0 Å². The summed E-state index contributed by atoms with van der Waals surface area (Å²) in [7, 11) is 1.84. The summed E-state index contributed by atoms with van der Waals surface area (Å²) in [6, 6.07) is 7.22. The highest BCUT2D eigenvalue weighted by atomic mass is 16.1. The number of hydrogen-bond donors (Lipinski definition) is 1. The van der Waals surface area contributed by atoms with Gasteiger partial charge in [-0.05, 0) is 32.0 Å². The van der Waals surface area contributed by atoms with Gasteiger partial charge in [0.15, 0.2) is 5.65 Å². The van der Waals surface area contributed by atoms with Crippen molar-refractivity contribution < 1.29 is 4.79 Å².